The van der Waals surface area contributed by atoms with Gasteiger partial charge in [0.15, 0.2) is 5.82 Å². The first-order chi connectivity index (χ1) is 11.5. The van der Waals surface area contributed by atoms with Crippen LogP contribution in [0.3, 0.4) is 0 Å². The number of amides is 1. The number of carbonyl (C=O) groups excluding carboxylic acids is 1. The minimum Gasteiger partial charge on any atom is -0.359 e. The van der Waals surface area contributed by atoms with Crippen molar-refractivity contribution in [3.05, 3.63) is 52.4 Å². The van der Waals surface area contributed by atoms with Crippen molar-refractivity contribution in [3.8, 4) is 0 Å². The van der Waals surface area contributed by atoms with E-state index in [1.807, 2.05) is 27.1 Å². The van der Waals surface area contributed by atoms with Crippen LogP contribution in [0.5, 0.6) is 0 Å². The van der Waals surface area contributed by atoms with Crippen LogP contribution in [0.15, 0.2) is 29.1 Å². The monoisotopic (exact) mass is 324 g/mol. The van der Waals surface area contributed by atoms with Crippen molar-refractivity contribution in [1.82, 2.24) is 25.3 Å². The molecule has 24 heavy (non-hydrogen) atoms. The van der Waals surface area contributed by atoms with Gasteiger partial charge in [-0.2, -0.15) is 5.10 Å². The molecule has 1 amide bonds. The molecule has 0 fully saturated rings. The maximum Gasteiger partial charge on any atom is 0.273 e. The molecule has 1 aliphatic rings. The Labute approximate surface area is 140 Å². The standard InChI is InChI=1S/C17H20N6O/c1-10-13(9-23(3)4)11(2)20-14(10)8-12-15(21-22-17(12)24)16-18-6-5-7-19-16/h5-8,20H,9H2,1-4H3,(H,22,24)/b12-8+. The van der Waals surface area contributed by atoms with Crippen molar-refractivity contribution in [2.24, 2.45) is 5.10 Å². The highest BCUT2D eigenvalue weighted by Crippen LogP contribution is 2.23. The summed E-state index contributed by atoms with van der Waals surface area (Å²) in [5.41, 5.74) is 7.77. The second-order valence-electron chi connectivity index (χ2n) is 6.04. The zero-order chi connectivity index (χ0) is 17.3. The van der Waals surface area contributed by atoms with Gasteiger partial charge in [0, 0.05) is 30.3 Å². The molecule has 7 nitrogen and oxygen atoms in total. The van der Waals surface area contributed by atoms with Gasteiger partial charge in [0.05, 0.1) is 5.57 Å². The van der Waals surface area contributed by atoms with Gasteiger partial charge in [-0.25, -0.2) is 15.4 Å². The van der Waals surface area contributed by atoms with E-state index in [9.17, 15) is 4.79 Å². The van der Waals surface area contributed by atoms with Crippen molar-refractivity contribution < 1.29 is 4.79 Å². The fourth-order valence-corrected chi connectivity index (χ4v) is 2.72. The van der Waals surface area contributed by atoms with Gasteiger partial charge in [0.2, 0.25) is 0 Å². The SMILES string of the molecule is Cc1[nH]c(/C=C2/C(=O)NN=C2c2ncccn2)c(C)c1CN(C)C. The molecule has 0 aromatic carbocycles. The summed E-state index contributed by atoms with van der Waals surface area (Å²) in [4.78, 5) is 26.0. The zero-order valence-electron chi connectivity index (χ0n) is 14.2. The Kier molecular flexibility index (Phi) is 4.26. The largest absolute Gasteiger partial charge is 0.359 e. The van der Waals surface area contributed by atoms with Crippen molar-refractivity contribution in [3.63, 3.8) is 0 Å². The van der Waals surface area contributed by atoms with Gasteiger partial charge in [-0.1, -0.05) is 0 Å². The van der Waals surface area contributed by atoms with Crippen molar-refractivity contribution in [2.45, 2.75) is 20.4 Å². The molecule has 0 radical (unpaired) electrons. The number of aromatic nitrogens is 3. The average molecular weight is 324 g/mol. The quantitative estimate of drug-likeness (QED) is 0.833. The van der Waals surface area contributed by atoms with E-state index in [0.717, 1.165) is 23.5 Å². The lowest BCUT2D eigenvalue weighted by atomic mass is 10.1. The van der Waals surface area contributed by atoms with Crippen LogP contribution in [0.25, 0.3) is 6.08 Å². The molecule has 0 bridgehead atoms. The van der Waals surface area contributed by atoms with Crippen LogP contribution in [0.1, 0.15) is 28.3 Å². The summed E-state index contributed by atoms with van der Waals surface area (Å²) in [6, 6.07) is 1.73. The van der Waals surface area contributed by atoms with Gasteiger partial charge in [0.25, 0.3) is 5.91 Å². The second kappa shape index (κ2) is 6.37. The van der Waals surface area contributed by atoms with E-state index in [2.05, 4.69) is 37.3 Å². The molecule has 0 spiro atoms. The Morgan fingerprint density at radius 1 is 1.21 bits per heavy atom. The highest BCUT2D eigenvalue weighted by atomic mass is 16.2. The summed E-state index contributed by atoms with van der Waals surface area (Å²) in [5, 5.41) is 4.07. The zero-order valence-corrected chi connectivity index (χ0v) is 14.2. The third kappa shape index (κ3) is 2.98. The van der Waals surface area contributed by atoms with Gasteiger partial charge in [-0.05, 0) is 51.2 Å². The number of aromatic amines is 1. The van der Waals surface area contributed by atoms with E-state index in [0.29, 0.717) is 17.1 Å². The Morgan fingerprint density at radius 3 is 2.58 bits per heavy atom. The first-order valence-electron chi connectivity index (χ1n) is 7.67. The summed E-state index contributed by atoms with van der Waals surface area (Å²) in [7, 11) is 4.07. The smallest absolute Gasteiger partial charge is 0.273 e. The molecule has 0 saturated heterocycles. The molecule has 124 valence electrons. The number of rotatable bonds is 4. The number of H-pyrrole nitrogens is 1. The van der Waals surface area contributed by atoms with Crippen LogP contribution in [-0.2, 0) is 11.3 Å². The number of hydrogen-bond acceptors (Lipinski definition) is 5. The number of hydrazone groups is 1. The van der Waals surface area contributed by atoms with E-state index in [4.69, 9.17) is 0 Å². The summed E-state index contributed by atoms with van der Waals surface area (Å²) in [6.07, 6.45) is 5.08. The number of aryl methyl sites for hydroxylation is 1. The molecule has 0 aliphatic carbocycles. The summed E-state index contributed by atoms with van der Waals surface area (Å²) >= 11 is 0. The Morgan fingerprint density at radius 2 is 1.92 bits per heavy atom. The first-order valence-corrected chi connectivity index (χ1v) is 7.67. The third-order valence-electron chi connectivity index (χ3n) is 3.94. The first kappa shape index (κ1) is 16.1. The van der Waals surface area contributed by atoms with Crippen molar-refractivity contribution in [2.75, 3.05) is 14.1 Å². The number of carbonyl (C=O) groups is 1. The van der Waals surface area contributed by atoms with Gasteiger partial charge in [-0.3, -0.25) is 4.79 Å². The van der Waals surface area contributed by atoms with E-state index in [-0.39, 0.29) is 5.91 Å². The maximum absolute atomic E-state index is 12.2. The topological polar surface area (TPSA) is 86.3 Å². The van der Waals surface area contributed by atoms with E-state index >= 15 is 0 Å². The molecule has 1 aliphatic heterocycles. The van der Waals surface area contributed by atoms with Gasteiger partial charge < -0.3 is 9.88 Å². The average Bonchev–Trinajstić information content (AvgIpc) is 3.04. The minimum atomic E-state index is -0.252. The van der Waals surface area contributed by atoms with Crippen LogP contribution >= 0.6 is 0 Å². The van der Waals surface area contributed by atoms with Gasteiger partial charge in [0.1, 0.15) is 5.71 Å². The minimum absolute atomic E-state index is 0.252. The third-order valence-corrected chi connectivity index (χ3v) is 3.94. The molecule has 3 heterocycles. The van der Waals surface area contributed by atoms with Crippen LogP contribution in [0.2, 0.25) is 0 Å². The fraction of sp³-hybridized carbons (Fsp3) is 0.294. The van der Waals surface area contributed by atoms with E-state index in [1.54, 1.807) is 18.5 Å². The fourth-order valence-electron chi connectivity index (χ4n) is 2.72. The maximum atomic E-state index is 12.2. The van der Waals surface area contributed by atoms with Crippen LogP contribution in [-0.4, -0.2) is 45.6 Å². The number of nitrogens with zero attached hydrogens (tertiary/aromatic N) is 4. The highest BCUT2D eigenvalue weighted by Gasteiger charge is 2.26. The molecule has 2 N–H and O–H groups in total. The molecule has 3 rings (SSSR count). The lowest BCUT2D eigenvalue weighted by molar-refractivity contribution is -0.116. The molecular weight excluding hydrogens is 304 g/mol. The lowest BCUT2D eigenvalue weighted by Gasteiger charge is -2.10. The number of hydrogen-bond donors (Lipinski definition) is 2. The van der Waals surface area contributed by atoms with Gasteiger partial charge in [-0.15, -0.1) is 0 Å². The normalized spacial score (nSPS) is 16.0. The molecule has 7 heteroatoms. The summed E-state index contributed by atoms with van der Waals surface area (Å²) in [6.45, 7) is 4.93. The molecular formula is C17H20N6O. The number of nitrogens with one attached hydrogen (secondary N) is 2. The molecule has 0 unspecified atom stereocenters. The molecule has 0 saturated carbocycles. The summed E-state index contributed by atoms with van der Waals surface area (Å²) in [5.74, 6) is 0.176. The Hall–Kier alpha value is -2.80. The molecule has 2 aromatic heterocycles. The predicted molar refractivity (Wildman–Crippen MR) is 92.3 cm³/mol. The molecule has 2 aromatic rings. The van der Waals surface area contributed by atoms with Crippen LogP contribution in [0.4, 0.5) is 0 Å². The van der Waals surface area contributed by atoms with Crippen molar-refractivity contribution >= 4 is 17.7 Å². The predicted octanol–water partition coefficient (Wildman–Crippen LogP) is 1.40. The van der Waals surface area contributed by atoms with E-state index < -0.39 is 0 Å². The Balaban J connectivity index is 2.01. The van der Waals surface area contributed by atoms with Crippen LogP contribution < -0.4 is 5.43 Å². The summed E-state index contributed by atoms with van der Waals surface area (Å²) < 4.78 is 0. The van der Waals surface area contributed by atoms with Crippen LogP contribution in [0, 0.1) is 13.8 Å². The second-order valence-corrected chi connectivity index (χ2v) is 6.04. The van der Waals surface area contributed by atoms with Crippen molar-refractivity contribution in [1.29, 1.82) is 0 Å². The Bertz CT molecular complexity index is 832. The lowest BCUT2D eigenvalue weighted by Crippen LogP contribution is -2.14. The molecule has 0 atom stereocenters. The van der Waals surface area contributed by atoms with E-state index in [1.165, 1.54) is 5.56 Å². The highest BCUT2D eigenvalue weighted by molar-refractivity contribution is 6.32. The van der Waals surface area contributed by atoms with Gasteiger partial charge >= 0.3 is 0 Å².